The molecule has 4 heteroatoms. The molecule has 106 valence electrons. The van der Waals surface area contributed by atoms with E-state index in [1.807, 2.05) is 0 Å². The Morgan fingerprint density at radius 2 is 2.21 bits per heavy atom. The van der Waals surface area contributed by atoms with E-state index in [2.05, 4.69) is 35.3 Å². The quantitative estimate of drug-likeness (QED) is 0.840. The number of hydrogen-bond acceptors (Lipinski definition) is 3. The van der Waals surface area contributed by atoms with E-state index in [0.29, 0.717) is 0 Å². The van der Waals surface area contributed by atoms with Crippen LogP contribution in [-0.2, 0) is 11.3 Å². The van der Waals surface area contributed by atoms with Crippen LogP contribution in [-0.4, -0.2) is 32.8 Å². The molecule has 1 heterocycles. The molecule has 0 radical (unpaired) electrons. The molecule has 1 aromatic carbocycles. The van der Waals surface area contributed by atoms with Crippen LogP contribution >= 0.6 is 11.6 Å². The van der Waals surface area contributed by atoms with E-state index in [-0.39, 0.29) is 0 Å². The summed E-state index contributed by atoms with van der Waals surface area (Å²) in [6.45, 7) is 7.70. The van der Waals surface area contributed by atoms with Gasteiger partial charge in [-0.1, -0.05) is 24.6 Å². The van der Waals surface area contributed by atoms with Crippen LogP contribution in [0.3, 0.4) is 0 Å². The Kier molecular flexibility index (Phi) is 5.95. The SMILES string of the molecule is CCCNCc1ccc(N2CCCOCC2)cc1Cl. The zero-order valence-corrected chi connectivity index (χ0v) is 12.4. The van der Waals surface area contributed by atoms with E-state index in [0.717, 1.165) is 57.3 Å². The van der Waals surface area contributed by atoms with Crippen molar-refractivity contribution < 1.29 is 4.74 Å². The van der Waals surface area contributed by atoms with Gasteiger partial charge in [0.25, 0.3) is 0 Å². The van der Waals surface area contributed by atoms with Crippen LogP contribution in [0.5, 0.6) is 0 Å². The van der Waals surface area contributed by atoms with Crippen LogP contribution in [0, 0.1) is 0 Å². The third-order valence-electron chi connectivity index (χ3n) is 3.37. The maximum Gasteiger partial charge on any atom is 0.0641 e. The van der Waals surface area contributed by atoms with Crippen molar-refractivity contribution in [3.63, 3.8) is 0 Å². The summed E-state index contributed by atoms with van der Waals surface area (Å²) in [7, 11) is 0. The first kappa shape index (κ1) is 14.6. The van der Waals surface area contributed by atoms with E-state index < -0.39 is 0 Å². The first-order valence-corrected chi connectivity index (χ1v) is 7.51. The lowest BCUT2D eigenvalue weighted by atomic mass is 10.2. The Bertz CT molecular complexity index is 390. The molecule has 19 heavy (non-hydrogen) atoms. The van der Waals surface area contributed by atoms with Crippen molar-refractivity contribution in [1.29, 1.82) is 0 Å². The molecule has 2 rings (SSSR count). The normalized spacial score (nSPS) is 16.4. The zero-order chi connectivity index (χ0) is 13.5. The lowest BCUT2D eigenvalue weighted by Gasteiger charge is -2.22. The number of nitrogens with zero attached hydrogens (tertiary/aromatic N) is 1. The fourth-order valence-electron chi connectivity index (χ4n) is 2.28. The number of halogens is 1. The Morgan fingerprint density at radius 3 is 3.00 bits per heavy atom. The van der Waals surface area contributed by atoms with Crippen molar-refractivity contribution in [3.05, 3.63) is 28.8 Å². The zero-order valence-electron chi connectivity index (χ0n) is 11.6. The summed E-state index contributed by atoms with van der Waals surface area (Å²) in [5.41, 5.74) is 2.37. The Labute approximate surface area is 120 Å². The molecule has 0 unspecified atom stereocenters. The molecular weight excluding hydrogens is 260 g/mol. The van der Waals surface area contributed by atoms with Gasteiger partial charge in [0, 0.05) is 37.0 Å². The molecule has 0 aliphatic carbocycles. The average Bonchev–Trinajstić information content (AvgIpc) is 2.70. The van der Waals surface area contributed by atoms with E-state index in [4.69, 9.17) is 16.3 Å². The summed E-state index contributed by atoms with van der Waals surface area (Å²) in [6.07, 6.45) is 2.22. The minimum Gasteiger partial charge on any atom is -0.380 e. The minimum absolute atomic E-state index is 0.803. The number of rotatable bonds is 5. The highest BCUT2D eigenvalue weighted by Crippen LogP contribution is 2.24. The summed E-state index contributed by atoms with van der Waals surface area (Å²) >= 11 is 6.37. The molecule has 3 nitrogen and oxygen atoms in total. The highest BCUT2D eigenvalue weighted by molar-refractivity contribution is 6.31. The number of nitrogens with one attached hydrogen (secondary N) is 1. The van der Waals surface area contributed by atoms with Crippen molar-refractivity contribution >= 4 is 17.3 Å². The standard InChI is InChI=1S/C15H23ClN2O/c1-2-6-17-12-13-4-5-14(11-15(13)16)18-7-3-9-19-10-8-18/h4-5,11,17H,2-3,6-10,12H2,1H3. The van der Waals surface area contributed by atoms with Gasteiger partial charge in [-0.3, -0.25) is 0 Å². The molecule has 0 atom stereocenters. The molecule has 0 saturated carbocycles. The summed E-state index contributed by atoms with van der Waals surface area (Å²) < 4.78 is 5.48. The van der Waals surface area contributed by atoms with Gasteiger partial charge in [0.15, 0.2) is 0 Å². The molecule has 1 saturated heterocycles. The third kappa shape index (κ3) is 4.37. The van der Waals surface area contributed by atoms with Gasteiger partial charge in [0.05, 0.1) is 6.61 Å². The Morgan fingerprint density at radius 1 is 1.32 bits per heavy atom. The largest absolute Gasteiger partial charge is 0.380 e. The van der Waals surface area contributed by atoms with Crippen molar-refractivity contribution in [2.45, 2.75) is 26.3 Å². The van der Waals surface area contributed by atoms with Crippen molar-refractivity contribution in [1.82, 2.24) is 5.32 Å². The van der Waals surface area contributed by atoms with E-state index in [1.165, 1.54) is 11.3 Å². The average molecular weight is 283 g/mol. The predicted molar refractivity (Wildman–Crippen MR) is 81.1 cm³/mol. The molecule has 1 aliphatic rings. The van der Waals surface area contributed by atoms with Gasteiger partial charge in [-0.25, -0.2) is 0 Å². The fraction of sp³-hybridized carbons (Fsp3) is 0.600. The second-order valence-electron chi connectivity index (χ2n) is 4.91. The molecule has 1 aromatic rings. The van der Waals surface area contributed by atoms with Gasteiger partial charge in [0.2, 0.25) is 0 Å². The van der Waals surface area contributed by atoms with Gasteiger partial charge >= 0.3 is 0 Å². The van der Waals surface area contributed by atoms with E-state index in [9.17, 15) is 0 Å². The lowest BCUT2D eigenvalue weighted by Crippen LogP contribution is -2.25. The van der Waals surface area contributed by atoms with Gasteiger partial charge < -0.3 is 15.0 Å². The topological polar surface area (TPSA) is 24.5 Å². The molecule has 0 spiro atoms. The Balaban J connectivity index is 2.00. The predicted octanol–water partition coefficient (Wildman–Crippen LogP) is 3.07. The summed E-state index contributed by atoms with van der Waals surface area (Å²) in [5.74, 6) is 0. The van der Waals surface area contributed by atoms with Crippen LogP contribution < -0.4 is 10.2 Å². The summed E-state index contributed by atoms with van der Waals surface area (Å²) in [5, 5.41) is 4.24. The second-order valence-corrected chi connectivity index (χ2v) is 5.31. The highest BCUT2D eigenvalue weighted by Gasteiger charge is 2.11. The lowest BCUT2D eigenvalue weighted by molar-refractivity contribution is 0.152. The number of hydrogen-bond donors (Lipinski definition) is 1. The van der Waals surface area contributed by atoms with Crippen molar-refractivity contribution in [3.8, 4) is 0 Å². The van der Waals surface area contributed by atoms with Crippen LogP contribution in [0.4, 0.5) is 5.69 Å². The van der Waals surface area contributed by atoms with Crippen molar-refractivity contribution in [2.24, 2.45) is 0 Å². The molecule has 1 N–H and O–H groups in total. The van der Waals surface area contributed by atoms with Crippen molar-refractivity contribution in [2.75, 3.05) is 37.7 Å². The van der Waals surface area contributed by atoms with E-state index in [1.54, 1.807) is 0 Å². The van der Waals surface area contributed by atoms with E-state index >= 15 is 0 Å². The number of benzene rings is 1. The summed E-state index contributed by atoms with van der Waals surface area (Å²) in [4.78, 5) is 2.35. The first-order chi connectivity index (χ1) is 9.31. The van der Waals surface area contributed by atoms with Crippen LogP contribution in [0.15, 0.2) is 18.2 Å². The second kappa shape index (κ2) is 7.73. The van der Waals surface area contributed by atoms with Crippen LogP contribution in [0.1, 0.15) is 25.3 Å². The molecular formula is C15H23ClN2O. The molecule has 1 fully saturated rings. The van der Waals surface area contributed by atoms with Gasteiger partial charge in [-0.15, -0.1) is 0 Å². The molecule has 1 aliphatic heterocycles. The Hall–Kier alpha value is -0.770. The smallest absolute Gasteiger partial charge is 0.0641 e. The third-order valence-corrected chi connectivity index (χ3v) is 3.72. The monoisotopic (exact) mass is 282 g/mol. The highest BCUT2D eigenvalue weighted by atomic mass is 35.5. The maximum absolute atomic E-state index is 6.37. The molecule has 0 amide bonds. The first-order valence-electron chi connectivity index (χ1n) is 7.13. The molecule has 0 bridgehead atoms. The molecule has 0 aromatic heterocycles. The maximum atomic E-state index is 6.37. The van der Waals surface area contributed by atoms with Crippen LogP contribution in [0.2, 0.25) is 5.02 Å². The van der Waals surface area contributed by atoms with Gasteiger partial charge in [0.1, 0.15) is 0 Å². The van der Waals surface area contributed by atoms with Gasteiger partial charge in [-0.2, -0.15) is 0 Å². The minimum atomic E-state index is 0.803. The van der Waals surface area contributed by atoms with Gasteiger partial charge in [-0.05, 0) is 37.1 Å². The summed E-state index contributed by atoms with van der Waals surface area (Å²) in [6, 6.07) is 6.38. The fourth-order valence-corrected chi connectivity index (χ4v) is 2.52. The number of ether oxygens (including phenoxy) is 1. The number of anilines is 1. The van der Waals surface area contributed by atoms with Crippen LogP contribution in [0.25, 0.3) is 0 Å².